The molecule has 13 atom stereocenters. The number of hydrogen-bond donors (Lipinski definition) is 8. The summed E-state index contributed by atoms with van der Waals surface area (Å²) in [6.45, 7) is 1.82. The second-order valence-corrected chi connectivity index (χ2v) is 14.1. The average molecular weight is 756 g/mol. The number of nitrogens with two attached hydrogens (primary N) is 1. The molecule has 15 heteroatoms. The summed E-state index contributed by atoms with van der Waals surface area (Å²) >= 11 is 0. The van der Waals surface area contributed by atoms with E-state index in [2.05, 4.69) is 10.6 Å². The van der Waals surface area contributed by atoms with Gasteiger partial charge in [0.25, 0.3) is 0 Å². The van der Waals surface area contributed by atoms with Crippen LogP contribution in [-0.4, -0.2) is 123 Å². The Morgan fingerprint density at radius 2 is 1.70 bits per heavy atom. The monoisotopic (exact) mass is 755 g/mol. The number of urea groups is 1. The molecule has 9 N–H and O–H groups in total. The van der Waals surface area contributed by atoms with Gasteiger partial charge in [-0.3, -0.25) is 0 Å². The molecule has 8 unspecified atom stereocenters. The van der Waals surface area contributed by atoms with Crippen molar-refractivity contribution in [1.82, 2.24) is 10.6 Å². The highest BCUT2D eigenvalue weighted by Crippen LogP contribution is 2.36. The molecule has 54 heavy (non-hydrogen) atoms. The van der Waals surface area contributed by atoms with Gasteiger partial charge in [0.15, 0.2) is 12.1 Å². The van der Waals surface area contributed by atoms with Crippen molar-refractivity contribution in [3.05, 3.63) is 96.7 Å². The summed E-state index contributed by atoms with van der Waals surface area (Å²) in [6.07, 6.45) is 7.50. The van der Waals surface area contributed by atoms with Crippen molar-refractivity contribution in [3.8, 4) is 0 Å². The number of epoxide rings is 1. The third kappa shape index (κ3) is 12.7. The third-order valence-corrected chi connectivity index (χ3v) is 9.54. The maximum Gasteiger partial charge on any atom is 0.330 e. The topological polar surface area (TPSA) is 235 Å². The summed E-state index contributed by atoms with van der Waals surface area (Å²) in [5.41, 5.74) is 6.85. The van der Waals surface area contributed by atoms with Crippen molar-refractivity contribution in [1.29, 1.82) is 0 Å². The van der Waals surface area contributed by atoms with Crippen molar-refractivity contribution >= 4 is 12.0 Å². The number of hydrogen-bond acceptors (Lipinski definition) is 13. The molecule has 3 fully saturated rings. The number of aliphatic hydroxyl groups excluding tert-OH is 4. The minimum atomic E-state index is -2.03. The molecule has 2 amide bonds. The molecule has 0 radical (unpaired) electrons. The van der Waals surface area contributed by atoms with Crippen LogP contribution in [0.3, 0.4) is 0 Å². The van der Waals surface area contributed by atoms with E-state index < -0.39 is 85.0 Å². The van der Waals surface area contributed by atoms with Crippen LogP contribution in [0.2, 0.25) is 0 Å². The van der Waals surface area contributed by atoms with Gasteiger partial charge < -0.3 is 65.6 Å². The molecule has 0 aliphatic carbocycles. The van der Waals surface area contributed by atoms with Crippen LogP contribution in [0.1, 0.15) is 44.6 Å². The predicted octanol–water partition coefficient (Wildman–Crippen LogP) is 0.898. The molecule has 4 aliphatic rings. The lowest BCUT2D eigenvalue weighted by Gasteiger charge is -2.46. The van der Waals surface area contributed by atoms with Crippen LogP contribution < -0.4 is 16.4 Å². The number of cyclic esters (lactones) is 1. The highest BCUT2D eigenvalue weighted by Gasteiger charge is 2.49. The highest BCUT2D eigenvalue weighted by molar-refractivity contribution is 5.82. The molecule has 0 saturated carbocycles. The number of carbonyl (C=O) groups is 2. The fourth-order valence-electron chi connectivity index (χ4n) is 6.60. The number of allylic oxidation sites excluding steroid dienone is 6. The second-order valence-electron chi connectivity index (χ2n) is 14.1. The molecule has 0 aromatic heterocycles. The minimum absolute atomic E-state index is 0.0702. The van der Waals surface area contributed by atoms with Gasteiger partial charge in [0.2, 0.25) is 0 Å². The van der Waals surface area contributed by atoms with E-state index in [1.165, 1.54) is 6.08 Å². The number of aliphatic hydroxyl groups is 5. The first kappa shape index (κ1) is 41.4. The molecule has 1 aromatic rings. The second kappa shape index (κ2) is 19.7. The maximum atomic E-state index is 13.1. The lowest BCUT2D eigenvalue weighted by Crippen LogP contribution is -2.63. The molecule has 2 bridgehead atoms. The van der Waals surface area contributed by atoms with Crippen LogP contribution in [0.5, 0.6) is 0 Å². The van der Waals surface area contributed by atoms with Crippen LogP contribution in [0.15, 0.2) is 91.1 Å². The Labute approximate surface area is 314 Å². The van der Waals surface area contributed by atoms with Crippen molar-refractivity contribution in [2.24, 2.45) is 5.73 Å². The van der Waals surface area contributed by atoms with Crippen molar-refractivity contribution in [2.45, 2.75) is 125 Å². The van der Waals surface area contributed by atoms with Gasteiger partial charge in [0.05, 0.1) is 55.3 Å². The van der Waals surface area contributed by atoms with Crippen LogP contribution >= 0.6 is 0 Å². The normalized spacial score (nSPS) is 41.1. The Kier molecular flexibility index (Phi) is 15.1. The van der Waals surface area contributed by atoms with Crippen LogP contribution in [0, 0.1) is 0 Å². The van der Waals surface area contributed by atoms with Gasteiger partial charge >= 0.3 is 12.0 Å². The van der Waals surface area contributed by atoms with E-state index in [1.807, 2.05) is 42.5 Å². The molecule has 5 rings (SSSR count). The van der Waals surface area contributed by atoms with E-state index in [9.17, 15) is 35.1 Å². The molecule has 1 aromatic carbocycles. The zero-order valence-electron chi connectivity index (χ0n) is 30.2. The standard InChI is InChI=1S/C39H53N3O12/c1-24-12-8-5-3-2-4-6-11-15-27(52-37-36(47)34(40)29(45)23-50-37)19-32-35(42-38(48)41-22-25-13-9-7-10-14-25)28(44)21-39(49,54-32)20-26(43)18-31-30(53-31)16-17-33(46)51-24/h2-11,13-17,24,26-32,34-37,43-45,47,49H,12,18-23,40H2,1H3,(H2,41,42,48)/b3-2+,6-4+,8-5+,15-11+,17-16+/t24?,26?,27?,28-,29?,30+,31?,32-,34-,35?,36-,37?,39?/m0/s1. The number of rotatable bonds is 5. The predicted molar refractivity (Wildman–Crippen MR) is 195 cm³/mol. The zero-order valence-corrected chi connectivity index (χ0v) is 30.2. The number of ether oxygens (including phenoxy) is 5. The first-order valence-electron chi connectivity index (χ1n) is 18.3. The van der Waals surface area contributed by atoms with Gasteiger partial charge in [0.1, 0.15) is 18.3 Å². The van der Waals surface area contributed by atoms with E-state index >= 15 is 0 Å². The lowest BCUT2D eigenvalue weighted by molar-refractivity contribution is -0.298. The molecular formula is C39H53N3O12. The number of carbonyl (C=O) groups excluding carboxylic acids is 2. The van der Waals surface area contributed by atoms with Gasteiger partial charge in [-0.15, -0.1) is 0 Å². The number of benzene rings is 1. The zero-order chi connectivity index (χ0) is 38.7. The Morgan fingerprint density at radius 3 is 2.48 bits per heavy atom. The molecular weight excluding hydrogens is 702 g/mol. The van der Waals surface area contributed by atoms with E-state index in [0.29, 0.717) is 6.42 Å². The Balaban J connectivity index is 1.38. The van der Waals surface area contributed by atoms with Gasteiger partial charge in [-0.1, -0.05) is 78.9 Å². The third-order valence-electron chi connectivity index (χ3n) is 9.54. The first-order chi connectivity index (χ1) is 25.9. The molecule has 4 heterocycles. The first-order valence-corrected chi connectivity index (χ1v) is 18.3. The molecule has 0 spiro atoms. The molecule has 3 saturated heterocycles. The van der Waals surface area contributed by atoms with Gasteiger partial charge in [-0.2, -0.15) is 0 Å². The van der Waals surface area contributed by atoms with Gasteiger partial charge in [-0.25, -0.2) is 9.59 Å². The summed E-state index contributed by atoms with van der Waals surface area (Å²) in [7, 11) is 0. The number of nitrogens with one attached hydrogen (secondary N) is 2. The van der Waals surface area contributed by atoms with E-state index in [1.54, 1.807) is 49.5 Å². The number of fused-ring (bicyclic) bond motifs is 3. The van der Waals surface area contributed by atoms with Crippen LogP contribution in [0.25, 0.3) is 0 Å². The molecule has 4 aliphatic heterocycles. The SMILES string of the molecule is CC1C/C=C/C=C/C=C/C=C/C(OC2OCC(O)[C@H](N)[C@@H]2O)C[C@@H]2OC(O)(CC(O)CC3O[C@@H]3/C=C/C(=O)O1)C[C@H](O)C2NC(=O)NCc1ccccc1. The summed E-state index contributed by atoms with van der Waals surface area (Å²) < 4.78 is 29.0. The van der Waals surface area contributed by atoms with Crippen LogP contribution in [-0.2, 0) is 35.0 Å². The fourth-order valence-corrected chi connectivity index (χ4v) is 6.60. The van der Waals surface area contributed by atoms with E-state index in [4.69, 9.17) is 29.4 Å². The average Bonchev–Trinajstić information content (AvgIpc) is 3.87. The summed E-state index contributed by atoms with van der Waals surface area (Å²) in [4.78, 5) is 25.4. The van der Waals surface area contributed by atoms with Crippen LogP contribution in [0.4, 0.5) is 4.79 Å². The molecule has 296 valence electrons. The summed E-state index contributed by atoms with van der Waals surface area (Å²) in [5.74, 6) is -2.55. The van der Waals surface area contributed by atoms with E-state index in [-0.39, 0.29) is 44.9 Å². The molecule has 15 nitrogen and oxygen atoms in total. The van der Waals surface area contributed by atoms with Gasteiger partial charge in [-0.05, 0) is 18.6 Å². The van der Waals surface area contributed by atoms with Crippen molar-refractivity contribution < 1.29 is 58.8 Å². The number of esters is 1. The summed E-state index contributed by atoms with van der Waals surface area (Å²) in [5, 5.41) is 60.6. The number of amides is 2. The largest absolute Gasteiger partial charge is 0.459 e. The van der Waals surface area contributed by atoms with Crippen molar-refractivity contribution in [2.75, 3.05) is 6.61 Å². The maximum absolute atomic E-state index is 13.1. The summed E-state index contributed by atoms with van der Waals surface area (Å²) in [6, 6.07) is 6.58. The Hall–Kier alpha value is -3.74. The Bertz CT molecular complexity index is 1520. The minimum Gasteiger partial charge on any atom is -0.459 e. The highest BCUT2D eigenvalue weighted by atomic mass is 16.7. The van der Waals surface area contributed by atoms with E-state index in [0.717, 1.165) is 5.56 Å². The quantitative estimate of drug-likeness (QED) is 0.154. The smallest absolute Gasteiger partial charge is 0.330 e. The fraction of sp³-hybridized carbons (Fsp3) is 0.538. The Morgan fingerprint density at radius 1 is 0.963 bits per heavy atom. The van der Waals surface area contributed by atoms with Crippen molar-refractivity contribution in [3.63, 3.8) is 0 Å². The lowest BCUT2D eigenvalue weighted by atomic mass is 9.87. The van der Waals surface area contributed by atoms with Gasteiger partial charge in [0, 0.05) is 44.7 Å².